The van der Waals surface area contributed by atoms with Crippen LogP contribution in [0.2, 0.25) is 0 Å². The Morgan fingerprint density at radius 2 is 1.03 bits per heavy atom. The third-order valence-electron chi connectivity index (χ3n) is 7.36. The topological polar surface area (TPSA) is 115 Å². The van der Waals surface area contributed by atoms with Gasteiger partial charge in [-0.1, -0.05) is 65.8 Å². The first-order valence-corrected chi connectivity index (χ1v) is 12.4. The summed E-state index contributed by atoms with van der Waals surface area (Å²) in [4.78, 5) is 22.4. The molecule has 4 N–H and O–H groups in total. The molecule has 35 heavy (non-hydrogen) atoms. The van der Waals surface area contributed by atoms with E-state index in [1.54, 1.807) is 0 Å². The summed E-state index contributed by atoms with van der Waals surface area (Å²) >= 11 is 0. The molecule has 0 amide bonds. The van der Waals surface area contributed by atoms with Crippen molar-refractivity contribution in [3.05, 3.63) is 57.6 Å². The lowest BCUT2D eigenvalue weighted by Gasteiger charge is -2.28. The molecule has 0 aliphatic heterocycles. The Morgan fingerprint density at radius 1 is 0.686 bits per heavy atom. The van der Waals surface area contributed by atoms with Crippen molar-refractivity contribution in [2.45, 2.75) is 97.3 Å². The fraction of sp³-hybridized carbons (Fsp3) is 0.517. The lowest BCUT2D eigenvalue weighted by atomic mass is 9.78. The van der Waals surface area contributed by atoms with Crippen LogP contribution in [0, 0.1) is 0 Å². The van der Waals surface area contributed by atoms with E-state index in [0.717, 1.165) is 35.1 Å². The Balaban J connectivity index is 2.66. The van der Waals surface area contributed by atoms with Crippen LogP contribution >= 0.6 is 0 Å². The minimum atomic E-state index is -0.883. The molecule has 2 rings (SSSR count). The van der Waals surface area contributed by atoms with Gasteiger partial charge in [-0.15, -0.1) is 0 Å². The van der Waals surface area contributed by atoms with Gasteiger partial charge in [0, 0.05) is 30.4 Å². The summed E-state index contributed by atoms with van der Waals surface area (Å²) in [7, 11) is 0. The summed E-state index contributed by atoms with van der Waals surface area (Å²) in [6.07, 6.45) is 2.48. The maximum atomic E-state index is 11.3. The van der Waals surface area contributed by atoms with Gasteiger partial charge in [0.2, 0.25) is 0 Å². The molecule has 0 aromatic heterocycles. The minimum Gasteiger partial charge on any atom is -0.507 e. The first-order chi connectivity index (χ1) is 16.2. The van der Waals surface area contributed by atoms with Crippen molar-refractivity contribution < 1.29 is 30.0 Å². The number of aromatic hydroxyl groups is 2. The molecular formula is C29H40O6. The van der Waals surface area contributed by atoms with Crippen LogP contribution in [0.3, 0.4) is 0 Å². The van der Waals surface area contributed by atoms with Gasteiger partial charge in [-0.3, -0.25) is 9.59 Å². The molecular weight excluding hydrogens is 444 g/mol. The first-order valence-electron chi connectivity index (χ1n) is 12.4. The summed E-state index contributed by atoms with van der Waals surface area (Å²) in [5.74, 6) is -1.46. The Labute approximate surface area is 208 Å². The number of benzene rings is 2. The summed E-state index contributed by atoms with van der Waals surface area (Å²) in [6.45, 7) is 12.2. The molecule has 0 saturated carbocycles. The number of hydrogen-bond acceptors (Lipinski definition) is 4. The Hall–Kier alpha value is -3.02. The number of carboxylic acids is 2. The van der Waals surface area contributed by atoms with E-state index in [1.165, 1.54) is 0 Å². The molecule has 0 aliphatic rings. The molecule has 0 atom stereocenters. The van der Waals surface area contributed by atoms with E-state index in [9.17, 15) is 30.0 Å². The number of aliphatic carboxylic acids is 2. The Kier molecular flexibility index (Phi) is 8.99. The summed E-state index contributed by atoms with van der Waals surface area (Å²) in [5.41, 5.74) is 3.77. The van der Waals surface area contributed by atoms with Gasteiger partial charge < -0.3 is 20.4 Å². The van der Waals surface area contributed by atoms with Crippen LogP contribution in [0.1, 0.15) is 101 Å². The number of carbonyl (C=O) groups is 2. The van der Waals surface area contributed by atoms with Crippen molar-refractivity contribution in [2.24, 2.45) is 0 Å². The highest BCUT2D eigenvalue weighted by molar-refractivity contribution is 5.67. The summed E-state index contributed by atoms with van der Waals surface area (Å²) in [6, 6.07) is 7.42. The van der Waals surface area contributed by atoms with Crippen LogP contribution in [0.15, 0.2) is 24.3 Å². The van der Waals surface area contributed by atoms with E-state index in [4.69, 9.17) is 0 Å². The molecule has 0 spiro atoms. The number of rotatable bonds is 12. The highest BCUT2D eigenvalue weighted by atomic mass is 16.4. The Bertz CT molecular complexity index is 996. The second-order valence-electron chi connectivity index (χ2n) is 10.7. The average Bonchev–Trinajstić information content (AvgIpc) is 2.79. The molecule has 0 bridgehead atoms. The average molecular weight is 485 g/mol. The Morgan fingerprint density at radius 3 is 1.31 bits per heavy atom. The van der Waals surface area contributed by atoms with E-state index < -0.39 is 11.9 Å². The van der Waals surface area contributed by atoms with Gasteiger partial charge in [-0.05, 0) is 58.8 Å². The minimum absolute atomic E-state index is 0.0129. The third-order valence-corrected chi connectivity index (χ3v) is 7.36. The van der Waals surface area contributed by atoms with Crippen LogP contribution in [0.5, 0.6) is 11.5 Å². The zero-order valence-electron chi connectivity index (χ0n) is 21.9. The van der Waals surface area contributed by atoms with Crippen LogP contribution in [-0.2, 0) is 39.7 Å². The molecule has 0 aliphatic carbocycles. The first kappa shape index (κ1) is 28.2. The van der Waals surface area contributed by atoms with Gasteiger partial charge in [0.05, 0.1) is 0 Å². The number of hydrogen-bond donors (Lipinski definition) is 4. The number of phenolic OH excluding ortho intramolecular Hbond substituents is 2. The van der Waals surface area contributed by atoms with Gasteiger partial charge in [0.25, 0.3) is 0 Å². The fourth-order valence-corrected chi connectivity index (χ4v) is 4.20. The third kappa shape index (κ3) is 7.00. The normalized spacial score (nSPS) is 12.1. The molecule has 2 aromatic carbocycles. The molecule has 6 nitrogen and oxygen atoms in total. The highest BCUT2D eigenvalue weighted by Crippen LogP contribution is 2.41. The SMILES string of the molecule is CCC(C)(C)c1cc(CCC(=O)O)cc(Cc2cc(CCC(=O)O)cc(C(C)(C)CC)c2O)c1O. The van der Waals surface area contributed by atoms with Gasteiger partial charge in [0.15, 0.2) is 0 Å². The second-order valence-corrected chi connectivity index (χ2v) is 10.7. The number of carboxylic acid groups (broad SMARTS) is 2. The van der Waals surface area contributed by atoms with E-state index >= 15 is 0 Å². The predicted molar refractivity (Wildman–Crippen MR) is 138 cm³/mol. The van der Waals surface area contributed by atoms with Gasteiger partial charge in [0.1, 0.15) is 11.5 Å². The van der Waals surface area contributed by atoms with E-state index in [-0.39, 0.29) is 41.6 Å². The van der Waals surface area contributed by atoms with Crippen molar-refractivity contribution in [3.8, 4) is 11.5 Å². The number of phenols is 2. The van der Waals surface area contributed by atoms with Crippen molar-refractivity contribution >= 4 is 11.9 Å². The maximum absolute atomic E-state index is 11.3. The van der Waals surface area contributed by atoms with Gasteiger partial charge in [-0.25, -0.2) is 0 Å². The predicted octanol–water partition coefficient (Wildman–Crippen LogP) is 6.10. The lowest BCUT2D eigenvalue weighted by Crippen LogP contribution is -2.18. The van der Waals surface area contributed by atoms with Crippen LogP contribution in [0.25, 0.3) is 0 Å². The molecule has 2 aromatic rings. The lowest BCUT2D eigenvalue weighted by molar-refractivity contribution is -0.138. The van der Waals surface area contributed by atoms with Crippen molar-refractivity contribution in [3.63, 3.8) is 0 Å². The zero-order valence-corrected chi connectivity index (χ0v) is 21.9. The molecule has 6 heteroatoms. The van der Waals surface area contributed by atoms with Crippen molar-refractivity contribution in [1.82, 2.24) is 0 Å². The monoisotopic (exact) mass is 484 g/mol. The van der Waals surface area contributed by atoms with E-state index in [2.05, 4.69) is 0 Å². The quantitative estimate of drug-likeness (QED) is 0.289. The van der Waals surface area contributed by atoms with E-state index in [0.29, 0.717) is 24.0 Å². The van der Waals surface area contributed by atoms with Crippen molar-refractivity contribution in [1.29, 1.82) is 0 Å². The molecule has 192 valence electrons. The van der Waals surface area contributed by atoms with Crippen LogP contribution in [0.4, 0.5) is 0 Å². The van der Waals surface area contributed by atoms with Crippen molar-refractivity contribution in [2.75, 3.05) is 0 Å². The molecule has 0 heterocycles. The maximum Gasteiger partial charge on any atom is 0.303 e. The largest absolute Gasteiger partial charge is 0.507 e. The second kappa shape index (κ2) is 11.1. The number of aryl methyl sites for hydroxylation is 2. The van der Waals surface area contributed by atoms with Crippen LogP contribution < -0.4 is 0 Å². The highest BCUT2D eigenvalue weighted by Gasteiger charge is 2.27. The molecule has 0 unspecified atom stereocenters. The smallest absolute Gasteiger partial charge is 0.303 e. The molecule has 0 radical (unpaired) electrons. The standard InChI is InChI=1S/C29H40O6/c1-7-28(3,4)22-15-18(9-11-24(30)31)13-20(26(22)34)17-21-14-19(10-12-25(32)33)16-23(27(21)35)29(5,6)8-2/h13-16,34-35H,7-12,17H2,1-6H3,(H,30,31)(H,32,33). The van der Waals surface area contributed by atoms with Gasteiger partial charge >= 0.3 is 11.9 Å². The van der Waals surface area contributed by atoms with Crippen LogP contribution in [-0.4, -0.2) is 32.4 Å². The summed E-state index contributed by atoms with van der Waals surface area (Å²) < 4.78 is 0. The fourth-order valence-electron chi connectivity index (χ4n) is 4.20. The summed E-state index contributed by atoms with van der Waals surface area (Å²) in [5, 5.41) is 40.9. The zero-order chi connectivity index (χ0) is 26.6. The van der Waals surface area contributed by atoms with Gasteiger partial charge in [-0.2, -0.15) is 0 Å². The van der Waals surface area contributed by atoms with E-state index in [1.807, 2.05) is 65.8 Å². The molecule has 0 fully saturated rings. The molecule has 0 saturated heterocycles.